The molecule has 9 rings (SSSR count). The summed E-state index contributed by atoms with van der Waals surface area (Å²) in [4.78, 5) is 61.3. The second-order valence-corrected chi connectivity index (χ2v) is 18.8. The maximum absolute atomic E-state index is 13.9. The molecule has 13 heteroatoms. The third kappa shape index (κ3) is 12.5. The van der Waals surface area contributed by atoms with E-state index in [0.29, 0.717) is 85.0 Å². The molecule has 2 aliphatic heterocycles. The number of amides is 2. The zero-order chi connectivity index (χ0) is 49.8. The normalized spacial score (nSPS) is 15.2. The van der Waals surface area contributed by atoms with Gasteiger partial charge < -0.3 is 39.8 Å². The number of phenols is 1. The summed E-state index contributed by atoms with van der Waals surface area (Å²) in [5.74, 6) is -0.151. The van der Waals surface area contributed by atoms with Crippen molar-refractivity contribution in [1.82, 2.24) is 25.0 Å². The Bertz CT molecular complexity index is 2990. The summed E-state index contributed by atoms with van der Waals surface area (Å²) in [5, 5.41) is 24.9. The number of nitrogens with one attached hydrogen (secondary N) is 2. The van der Waals surface area contributed by atoms with Crippen LogP contribution in [-0.4, -0.2) is 107 Å². The number of rotatable bonds is 18. The van der Waals surface area contributed by atoms with Crippen LogP contribution in [0.4, 0.5) is 0 Å². The van der Waals surface area contributed by atoms with Gasteiger partial charge in [0, 0.05) is 61.8 Å². The number of carbonyl (C=O) groups is 3. The van der Waals surface area contributed by atoms with E-state index in [1.165, 1.54) is 17.7 Å². The van der Waals surface area contributed by atoms with Gasteiger partial charge in [-0.1, -0.05) is 103 Å². The minimum atomic E-state index is -0.853. The Hall–Kier alpha value is -7.58. The predicted molar refractivity (Wildman–Crippen MR) is 277 cm³/mol. The lowest BCUT2D eigenvalue weighted by Gasteiger charge is -2.35. The number of aromatic hydroxyl groups is 1. The van der Waals surface area contributed by atoms with Crippen molar-refractivity contribution in [2.24, 2.45) is 5.92 Å². The number of ether oxygens (including phenoxy) is 2. The summed E-state index contributed by atoms with van der Waals surface area (Å²) < 4.78 is 12.3. The average Bonchev–Trinajstić information content (AvgIpc) is 3.42. The number of pyridine rings is 1. The van der Waals surface area contributed by atoms with Crippen LogP contribution < -0.4 is 15.6 Å². The Balaban J connectivity index is 0.710. The molecule has 3 heterocycles. The molecule has 0 saturated carbocycles. The maximum atomic E-state index is 13.9. The minimum Gasteiger partial charge on any atom is -0.506 e. The van der Waals surface area contributed by atoms with Crippen molar-refractivity contribution < 1.29 is 34.1 Å². The first-order chi connectivity index (χ1) is 35.1. The van der Waals surface area contributed by atoms with Gasteiger partial charge in [0.05, 0.1) is 18.2 Å². The van der Waals surface area contributed by atoms with Crippen molar-refractivity contribution in [2.75, 3.05) is 59.0 Å². The van der Waals surface area contributed by atoms with E-state index in [0.717, 1.165) is 54.7 Å². The highest BCUT2D eigenvalue weighted by molar-refractivity contribution is 5.96. The van der Waals surface area contributed by atoms with Crippen LogP contribution in [0.3, 0.4) is 0 Å². The molecule has 7 aromatic rings. The number of benzene rings is 6. The van der Waals surface area contributed by atoms with Crippen molar-refractivity contribution in [3.05, 3.63) is 213 Å². The van der Waals surface area contributed by atoms with Gasteiger partial charge in [-0.15, -0.1) is 0 Å². The number of nitrogens with zero attached hydrogens (tertiary/aromatic N) is 3. The number of carbonyl (C=O) groups excluding carboxylic acids is 3. The lowest BCUT2D eigenvalue weighted by molar-refractivity contribution is -0.146. The molecule has 6 aromatic carbocycles. The molecule has 0 aliphatic carbocycles. The van der Waals surface area contributed by atoms with Crippen LogP contribution >= 0.6 is 0 Å². The van der Waals surface area contributed by atoms with E-state index >= 15 is 0 Å². The number of aromatic amines is 1. The second kappa shape index (κ2) is 23.6. The fourth-order valence-electron chi connectivity index (χ4n) is 9.66. The van der Waals surface area contributed by atoms with Gasteiger partial charge in [0.1, 0.15) is 24.0 Å². The molecule has 72 heavy (non-hydrogen) atoms. The molecule has 13 nitrogen and oxygen atoms in total. The highest BCUT2D eigenvalue weighted by atomic mass is 16.5. The first-order valence-electron chi connectivity index (χ1n) is 24.9. The van der Waals surface area contributed by atoms with Crippen LogP contribution in [0.2, 0.25) is 0 Å². The maximum Gasteiger partial charge on any atom is 0.317 e. The third-order valence-corrected chi connectivity index (χ3v) is 13.8. The van der Waals surface area contributed by atoms with Crippen molar-refractivity contribution in [3.8, 4) is 11.5 Å². The molecule has 0 radical (unpaired) electrons. The molecule has 1 unspecified atom stereocenters. The van der Waals surface area contributed by atoms with E-state index in [1.54, 1.807) is 21.9 Å². The highest BCUT2D eigenvalue weighted by Crippen LogP contribution is 2.31. The lowest BCUT2D eigenvalue weighted by atomic mass is 9.91. The molecule has 0 bridgehead atoms. The van der Waals surface area contributed by atoms with Gasteiger partial charge in [-0.05, 0) is 127 Å². The van der Waals surface area contributed by atoms with Gasteiger partial charge in [0.2, 0.25) is 5.56 Å². The van der Waals surface area contributed by atoms with E-state index in [1.807, 2.05) is 109 Å². The summed E-state index contributed by atoms with van der Waals surface area (Å²) in [5.41, 5.74) is 6.60. The summed E-state index contributed by atoms with van der Waals surface area (Å²) in [7, 11) is 0. The molecular formula is C59H61N5O8. The number of likely N-dealkylation sites (tertiary alicyclic amines) is 1. The van der Waals surface area contributed by atoms with E-state index in [9.17, 15) is 29.4 Å². The monoisotopic (exact) mass is 967 g/mol. The first-order valence-corrected chi connectivity index (χ1v) is 24.9. The number of aliphatic hydroxyl groups is 1. The van der Waals surface area contributed by atoms with E-state index in [2.05, 4.69) is 39.5 Å². The van der Waals surface area contributed by atoms with Crippen molar-refractivity contribution in [3.63, 3.8) is 0 Å². The Labute approximate surface area is 419 Å². The quantitative estimate of drug-likeness (QED) is 0.0492. The summed E-state index contributed by atoms with van der Waals surface area (Å²) >= 11 is 0. The number of phenolic OH excluding ortho intramolecular Hbond substituents is 1. The summed E-state index contributed by atoms with van der Waals surface area (Å²) in [6, 6.07) is 48.9. The molecular weight excluding hydrogens is 907 g/mol. The topological polar surface area (TPSA) is 165 Å². The number of hydrogen-bond acceptors (Lipinski definition) is 10. The fraction of sp³-hybridized carbons (Fsp3) is 0.288. The number of aromatic nitrogens is 1. The molecule has 2 fully saturated rings. The van der Waals surface area contributed by atoms with E-state index in [-0.39, 0.29) is 42.2 Å². The third-order valence-electron chi connectivity index (χ3n) is 13.8. The van der Waals surface area contributed by atoms with Gasteiger partial charge in [0.15, 0.2) is 0 Å². The van der Waals surface area contributed by atoms with Gasteiger partial charge in [0.25, 0.3) is 11.8 Å². The number of fused-ring (bicyclic) bond motifs is 1. The van der Waals surface area contributed by atoms with Gasteiger partial charge in [-0.25, -0.2) is 0 Å². The van der Waals surface area contributed by atoms with E-state index < -0.39 is 12.0 Å². The van der Waals surface area contributed by atoms with E-state index in [4.69, 9.17) is 9.47 Å². The average molecular weight is 968 g/mol. The SMILES string of the molecule is O=C(OCC1CCN(Cc2ccccc2)CC1)C(c1ccccc1)c1cccc(OCc2ccc(C(=O)N3CCN(C(=O)c4ccc(CCNC[C@H](O)c5ccc(O)c6[nH]c(=O)ccc56)cc4)CC3)cc2)c1. The van der Waals surface area contributed by atoms with Gasteiger partial charge >= 0.3 is 5.97 Å². The molecule has 0 spiro atoms. The van der Waals surface area contributed by atoms with Crippen LogP contribution in [0.1, 0.15) is 79.0 Å². The summed E-state index contributed by atoms with van der Waals surface area (Å²) in [6.45, 7) is 6.12. The number of piperidine rings is 1. The number of esters is 1. The summed E-state index contributed by atoms with van der Waals surface area (Å²) in [6.07, 6.45) is 1.80. The fourth-order valence-corrected chi connectivity index (χ4v) is 9.66. The lowest BCUT2D eigenvalue weighted by Crippen LogP contribution is -2.50. The van der Waals surface area contributed by atoms with Crippen LogP contribution in [0.25, 0.3) is 10.9 Å². The van der Waals surface area contributed by atoms with Crippen molar-refractivity contribution in [2.45, 2.75) is 44.4 Å². The number of piperazine rings is 1. The van der Waals surface area contributed by atoms with Crippen molar-refractivity contribution in [1.29, 1.82) is 0 Å². The van der Waals surface area contributed by atoms with Crippen molar-refractivity contribution >= 4 is 28.7 Å². The smallest absolute Gasteiger partial charge is 0.317 e. The Morgan fingerprint density at radius 3 is 1.96 bits per heavy atom. The van der Waals surface area contributed by atoms with Crippen LogP contribution in [0.5, 0.6) is 11.5 Å². The molecule has 2 amide bonds. The zero-order valence-corrected chi connectivity index (χ0v) is 40.3. The Morgan fingerprint density at radius 1 is 0.667 bits per heavy atom. The van der Waals surface area contributed by atoms with Crippen LogP contribution in [-0.2, 0) is 29.1 Å². The molecule has 2 atom stereocenters. The number of aliphatic hydroxyl groups excluding tert-OH is 1. The molecule has 2 aliphatic rings. The molecule has 4 N–H and O–H groups in total. The first kappa shape index (κ1) is 49.4. The molecule has 370 valence electrons. The Morgan fingerprint density at radius 2 is 1.29 bits per heavy atom. The minimum absolute atomic E-state index is 0.0553. The second-order valence-electron chi connectivity index (χ2n) is 18.8. The zero-order valence-electron chi connectivity index (χ0n) is 40.3. The highest BCUT2D eigenvalue weighted by Gasteiger charge is 2.28. The standard InChI is InChI=1S/C59H61N5O8/c65-52-24-22-50(51-23-25-54(67)61-56(51)52)53(66)37-60-29-26-41-14-18-46(19-15-41)57(68)63-32-34-64(35-33-63)58(69)47-20-16-43(17-21-47)39-71-49-13-7-12-48(36-49)55(45-10-5-2-6-11-45)59(70)72-40-44-27-30-62(31-28-44)38-42-8-3-1-4-9-42/h1-25,36,44,53,55,60,65-66H,26-35,37-40H2,(H,61,67)/t53-,55?/m0/s1. The Kier molecular flexibility index (Phi) is 16.2. The molecule has 2 saturated heterocycles. The van der Waals surface area contributed by atoms with Gasteiger partial charge in [-0.3, -0.25) is 24.1 Å². The predicted octanol–water partition coefficient (Wildman–Crippen LogP) is 7.86. The number of hydrogen-bond donors (Lipinski definition) is 4. The number of H-pyrrole nitrogens is 1. The largest absolute Gasteiger partial charge is 0.506 e. The van der Waals surface area contributed by atoms with Crippen LogP contribution in [0, 0.1) is 5.92 Å². The molecule has 1 aromatic heterocycles. The van der Waals surface area contributed by atoms with Crippen LogP contribution in [0.15, 0.2) is 163 Å². The van der Waals surface area contributed by atoms with Gasteiger partial charge in [-0.2, -0.15) is 0 Å².